The van der Waals surface area contributed by atoms with E-state index in [2.05, 4.69) is 10.6 Å². The van der Waals surface area contributed by atoms with Crippen molar-refractivity contribution in [3.05, 3.63) is 151 Å². The number of amides is 1. The van der Waals surface area contributed by atoms with Crippen LogP contribution in [0.1, 0.15) is 60.6 Å². The van der Waals surface area contributed by atoms with E-state index in [0.29, 0.717) is 11.1 Å². The molecule has 0 aromatic heterocycles. The standard InChI is InChI=1S/C16H24F2N2O.C10H12F2N2O2.C10H14F2N2.C8H6F4N2O2.C6F5NO2.C2H7N/c1-9-12(17)15(20(6)7)13(18)10(2)14(9)19-11(21)8-16(3,4)5;1-5-7(11)10(13(3)4)8(12)6(2)9(5)14(15)16;1-5-7(11)10(14(3)4)8(12)6(2)9(5)13;1-13(2)7-3(9)5(11)8(14(15)16)6(12)4(7)10;7-1-2(8)4(10)6(12(13)14)5(11)3(1)9;1-3-2/h8H2,1-7H3,(H,19,21);1-4H3;13H2,1-4H3;1-2H3;;3H,1-2H3. The van der Waals surface area contributed by atoms with Gasteiger partial charge in [-0.2, -0.15) is 17.6 Å². The van der Waals surface area contributed by atoms with Gasteiger partial charge in [-0.3, -0.25) is 35.1 Å². The van der Waals surface area contributed by atoms with E-state index in [1.807, 2.05) is 34.9 Å². The van der Waals surface area contributed by atoms with E-state index in [1.54, 1.807) is 55.9 Å². The molecule has 0 spiro atoms. The summed E-state index contributed by atoms with van der Waals surface area (Å²) in [5, 5.41) is 36.2. The molecule has 0 saturated carbocycles. The van der Waals surface area contributed by atoms with Crippen molar-refractivity contribution < 1.29 is 85.4 Å². The van der Waals surface area contributed by atoms with E-state index in [1.165, 1.54) is 42.6 Å². The fourth-order valence-electron chi connectivity index (χ4n) is 7.08. The van der Waals surface area contributed by atoms with Crippen molar-refractivity contribution in [2.24, 2.45) is 5.41 Å². The van der Waals surface area contributed by atoms with Crippen molar-refractivity contribution in [1.29, 1.82) is 0 Å². The van der Waals surface area contributed by atoms with E-state index in [4.69, 9.17) is 5.73 Å². The summed E-state index contributed by atoms with van der Waals surface area (Å²) in [7, 11) is 15.3. The van der Waals surface area contributed by atoms with Crippen LogP contribution in [0.5, 0.6) is 0 Å². The predicted molar refractivity (Wildman–Crippen MR) is 289 cm³/mol. The minimum atomic E-state index is -2.43. The predicted octanol–water partition coefficient (Wildman–Crippen LogP) is 13.2. The molecule has 1 amide bonds. The molecule has 0 fully saturated rings. The lowest BCUT2D eigenvalue weighted by Gasteiger charge is -2.22. The molecule has 0 heterocycles. The number of nitrogens with zero attached hydrogens (tertiary/aromatic N) is 7. The summed E-state index contributed by atoms with van der Waals surface area (Å²) in [5.74, 6) is -24.1. The van der Waals surface area contributed by atoms with Gasteiger partial charge >= 0.3 is 11.4 Å². The van der Waals surface area contributed by atoms with Gasteiger partial charge in [0.1, 0.15) is 22.7 Å². The molecule has 0 aliphatic carbocycles. The number of nitrogen functional groups attached to an aromatic ring is 1. The molecule has 0 atom stereocenters. The summed E-state index contributed by atoms with van der Waals surface area (Å²) >= 11 is 0. The zero-order valence-electron chi connectivity index (χ0n) is 48.9. The summed E-state index contributed by atoms with van der Waals surface area (Å²) in [4.78, 5) is 43.7. The number of nitro groups is 3. The van der Waals surface area contributed by atoms with E-state index in [0.717, 1.165) is 19.0 Å². The van der Waals surface area contributed by atoms with Crippen molar-refractivity contribution in [2.45, 2.75) is 68.7 Å². The summed E-state index contributed by atoms with van der Waals surface area (Å²) in [6.45, 7) is 14.5. The van der Waals surface area contributed by atoms with Crippen molar-refractivity contribution >= 4 is 57.1 Å². The van der Waals surface area contributed by atoms with Gasteiger partial charge in [0.15, 0.2) is 46.5 Å². The number of carbonyl (C=O) groups excluding carboxylic acids is 1. The maximum atomic E-state index is 14.3. The number of halogens is 15. The molecule has 32 heteroatoms. The van der Waals surface area contributed by atoms with Gasteiger partial charge in [0, 0.05) is 90.7 Å². The molecule has 468 valence electrons. The number of hydrogen-bond donors (Lipinski definition) is 3. The quantitative estimate of drug-likeness (QED) is 0.0314. The van der Waals surface area contributed by atoms with E-state index in [-0.39, 0.29) is 68.4 Å². The molecule has 4 N–H and O–H groups in total. The third-order valence-electron chi connectivity index (χ3n) is 11.2. The van der Waals surface area contributed by atoms with Crippen molar-refractivity contribution in [2.75, 3.05) is 101 Å². The van der Waals surface area contributed by atoms with Crippen LogP contribution < -0.4 is 36.0 Å². The second-order valence-corrected chi connectivity index (χ2v) is 19.8. The molecule has 0 bridgehead atoms. The third kappa shape index (κ3) is 17.6. The SMILES string of the molecule is CN(C)c1c(F)c(F)c([N+](=O)[O-])c(F)c1F.CNC.Cc1c(F)c(N(C)C)c(F)c(C)c1NC(=O)CC(C)(C)C.Cc1c(F)c(N(C)C)c(F)c(C)c1[N+](=O)[O-].Cc1c(N)c(C)c(F)c(N(C)C)c1F.O=[N+]([O-])c1c(F)c(F)c(F)c(F)c1F. The Bertz CT molecular complexity index is 3060. The highest BCUT2D eigenvalue weighted by molar-refractivity contribution is 5.93. The smallest absolute Gasteiger partial charge is 0.346 e. The van der Waals surface area contributed by atoms with Gasteiger partial charge in [-0.1, -0.05) is 20.8 Å². The van der Waals surface area contributed by atoms with Gasteiger partial charge in [0.2, 0.25) is 46.6 Å². The first-order chi connectivity index (χ1) is 38.2. The lowest BCUT2D eigenvalue weighted by molar-refractivity contribution is -0.391. The van der Waals surface area contributed by atoms with Gasteiger partial charge in [-0.05, 0) is 61.1 Å². The Morgan fingerprint density at radius 2 is 0.619 bits per heavy atom. The molecule has 0 radical (unpaired) electrons. The van der Waals surface area contributed by atoms with Crippen molar-refractivity contribution in [3.8, 4) is 0 Å². The van der Waals surface area contributed by atoms with Crippen LogP contribution in [-0.2, 0) is 4.79 Å². The van der Waals surface area contributed by atoms with E-state index in [9.17, 15) is 101 Å². The van der Waals surface area contributed by atoms with Gasteiger partial charge in [-0.25, -0.2) is 48.3 Å². The Labute approximate surface area is 473 Å². The Morgan fingerprint density at radius 1 is 0.405 bits per heavy atom. The number of rotatable bonds is 9. The number of benzene rings is 5. The molecule has 5 aromatic rings. The lowest BCUT2D eigenvalue weighted by Crippen LogP contribution is -2.22. The molecule has 0 aliphatic heterocycles. The minimum absolute atomic E-state index is 0.0331. The Balaban J connectivity index is 0.00000102. The molecule has 0 aliphatic rings. The first-order valence-electron chi connectivity index (χ1n) is 23.8. The summed E-state index contributed by atoms with van der Waals surface area (Å²) in [6.07, 6.45) is 0.282. The zero-order chi connectivity index (χ0) is 66.6. The van der Waals surface area contributed by atoms with E-state index >= 15 is 0 Å². The monoisotopic (exact) mass is 1220 g/mol. The Hall–Kier alpha value is -8.32. The number of carbonyl (C=O) groups is 1. The summed E-state index contributed by atoms with van der Waals surface area (Å²) in [6, 6.07) is 0. The topological polar surface area (TPSA) is 210 Å². The van der Waals surface area contributed by atoms with Crippen molar-refractivity contribution in [1.82, 2.24) is 5.32 Å². The van der Waals surface area contributed by atoms with Crippen LogP contribution in [0.25, 0.3) is 0 Å². The van der Waals surface area contributed by atoms with Crippen LogP contribution in [0.2, 0.25) is 0 Å². The highest BCUT2D eigenvalue weighted by atomic mass is 19.2. The molecule has 84 heavy (non-hydrogen) atoms. The Morgan fingerprint density at radius 3 is 0.857 bits per heavy atom. The van der Waals surface area contributed by atoms with Gasteiger partial charge in [0.05, 0.1) is 31.6 Å². The van der Waals surface area contributed by atoms with E-state index < -0.39 is 125 Å². The first kappa shape index (κ1) is 75.7. The number of nitro benzene ring substituents is 3. The number of nitrogens with one attached hydrogen (secondary N) is 2. The van der Waals surface area contributed by atoms with Crippen molar-refractivity contribution in [3.63, 3.8) is 0 Å². The van der Waals surface area contributed by atoms with Crippen LogP contribution >= 0.6 is 0 Å². The lowest BCUT2D eigenvalue weighted by atomic mass is 9.92. The van der Waals surface area contributed by atoms with Gasteiger partial charge in [-0.15, -0.1) is 0 Å². The summed E-state index contributed by atoms with van der Waals surface area (Å²) < 4.78 is 198. The van der Waals surface area contributed by atoms with Crippen LogP contribution in [-0.4, -0.2) is 91.2 Å². The number of hydrogen-bond acceptors (Lipinski definition) is 13. The molecular formula is C52H63F15N10O7. The maximum Gasteiger partial charge on any atom is 0.346 e. The molecule has 5 aromatic carbocycles. The molecule has 0 saturated heterocycles. The first-order valence-corrected chi connectivity index (χ1v) is 23.8. The second kappa shape index (κ2) is 30.8. The van der Waals surface area contributed by atoms with Gasteiger partial charge in [0.25, 0.3) is 5.69 Å². The normalized spacial score (nSPS) is 10.5. The molecule has 5 rings (SSSR count). The third-order valence-corrected chi connectivity index (χ3v) is 11.2. The molecule has 0 unspecified atom stereocenters. The van der Waals surface area contributed by atoms with Crippen LogP contribution in [0.3, 0.4) is 0 Å². The highest BCUT2D eigenvalue weighted by Gasteiger charge is 2.35. The molecule has 17 nitrogen and oxygen atoms in total. The maximum absolute atomic E-state index is 14.3. The largest absolute Gasteiger partial charge is 0.398 e. The fourth-order valence-corrected chi connectivity index (χ4v) is 7.08. The highest BCUT2D eigenvalue weighted by Crippen LogP contribution is 2.38. The minimum Gasteiger partial charge on any atom is -0.398 e. The number of anilines is 6. The average molecular weight is 1230 g/mol. The van der Waals surface area contributed by atoms with Crippen LogP contribution in [0.4, 0.5) is 117 Å². The second-order valence-electron chi connectivity index (χ2n) is 19.8. The fraction of sp³-hybridized carbons (Fsp3) is 0.404. The van der Waals surface area contributed by atoms with Gasteiger partial charge < -0.3 is 36.0 Å². The zero-order valence-corrected chi connectivity index (χ0v) is 48.9. The van der Waals surface area contributed by atoms with Crippen LogP contribution in [0, 0.1) is 165 Å². The summed E-state index contributed by atoms with van der Waals surface area (Å²) in [5.41, 5.74) is 0.831. The molecular weight excluding hydrogens is 1160 g/mol. The Kier molecular flexibility index (Phi) is 27.8. The average Bonchev–Trinajstić information content (AvgIpc) is 3.48. The number of nitrogens with two attached hydrogens (primary N) is 1. The van der Waals surface area contributed by atoms with Crippen LogP contribution in [0.15, 0.2) is 0 Å².